The number of nitrogens with zero attached hydrogens (tertiary/aromatic N) is 5. The number of piperidine rings is 1. The summed E-state index contributed by atoms with van der Waals surface area (Å²) < 4.78 is 20.5. The molecule has 0 radical (unpaired) electrons. The van der Waals surface area contributed by atoms with Crippen molar-refractivity contribution in [3.8, 4) is 5.75 Å². The standard InChI is InChI=1S/C29H42ClN7O3S/c1-8-40-25-14-21(20-9-11-37(12-10-20)29(5,6)17-38)19(4)13-23(25)33-28-31-15-22(30)26(34-28)32-24-16-36(7)35-27(24)41(39)18(2)3/h13-16,18,20,38H,8-12,17H2,1-7H3,(H2,31,32,33,34). The SMILES string of the molecule is CCOc1cc(C2CCN(C(C)(C)CO)CC2)c(C)cc1Nc1ncc(Cl)c(Nc2cn(C)nc2[S+]([O-])C(C)C)n1. The topological polar surface area (TPSA) is 123 Å². The highest BCUT2D eigenvalue weighted by molar-refractivity contribution is 7.92. The smallest absolute Gasteiger partial charge is 0.286 e. The number of rotatable bonds is 11. The van der Waals surface area contributed by atoms with Gasteiger partial charge in [-0.15, -0.1) is 5.10 Å². The molecule has 1 aliphatic heterocycles. The van der Waals surface area contributed by atoms with Crippen LogP contribution in [0.5, 0.6) is 5.75 Å². The number of aliphatic hydroxyl groups excluding tert-OH is 1. The van der Waals surface area contributed by atoms with Gasteiger partial charge in [0, 0.05) is 23.8 Å². The first-order chi connectivity index (χ1) is 19.4. The lowest BCUT2D eigenvalue weighted by molar-refractivity contribution is 0.0378. The number of ether oxygens (including phenoxy) is 1. The Morgan fingerprint density at radius 3 is 2.56 bits per heavy atom. The molecule has 3 heterocycles. The van der Waals surface area contributed by atoms with E-state index >= 15 is 0 Å². The minimum Gasteiger partial charge on any atom is -0.610 e. The van der Waals surface area contributed by atoms with E-state index in [2.05, 4.69) is 63.5 Å². The van der Waals surface area contributed by atoms with Crippen LogP contribution in [0.1, 0.15) is 64.5 Å². The average molecular weight is 604 g/mol. The van der Waals surface area contributed by atoms with Gasteiger partial charge in [0.1, 0.15) is 21.7 Å². The Hall–Kier alpha value is -2.57. The van der Waals surface area contributed by atoms with E-state index in [1.54, 1.807) is 17.9 Å². The van der Waals surface area contributed by atoms with E-state index in [0.717, 1.165) is 37.4 Å². The van der Waals surface area contributed by atoms with E-state index in [-0.39, 0.29) is 17.4 Å². The van der Waals surface area contributed by atoms with Crippen molar-refractivity contribution in [3.63, 3.8) is 0 Å². The lowest BCUT2D eigenvalue weighted by atomic mass is 9.85. The molecule has 12 heteroatoms. The number of hydrogen-bond acceptors (Lipinski definition) is 9. The molecule has 1 fully saturated rings. The normalized spacial score (nSPS) is 15.8. The van der Waals surface area contributed by atoms with Gasteiger partial charge in [0.2, 0.25) is 5.95 Å². The molecule has 41 heavy (non-hydrogen) atoms. The summed E-state index contributed by atoms with van der Waals surface area (Å²) in [7, 11) is 1.78. The summed E-state index contributed by atoms with van der Waals surface area (Å²) in [4.78, 5) is 11.4. The molecular weight excluding hydrogens is 562 g/mol. The molecule has 0 saturated carbocycles. The Bertz CT molecular complexity index is 1340. The Morgan fingerprint density at radius 2 is 1.93 bits per heavy atom. The lowest BCUT2D eigenvalue weighted by Crippen LogP contribution is -2.50. The van der Waals surface area contributed by atoms with E-state index < -0.39 is 11.2 Å². The Balaban J connectivity index is 1.56. The molecule has 0 spiro atoms. The van der Waals surface area contributed by atoms with Gasteiger partial charge in [-0.3, -0.25) is 9.58 Å². The van der Waals surface area contributed by atoms with Gasteiger partial charge in [-0.1, -0.05) is 11.6 Å². The molecule has 0 bridgehead atoms. The second-order valence-corrected chi connectivity index (χ2v) is 13.7. The van der Waals surface area contributed by atoms with Gasteiger partial charge >= 0.3 is 0 Å². The van der Waals surface area contributed by atoms with Crippen molar-refractivity contribution in [1.82, 2.24) is 24.6 Å². The van der Waals surface area contributed by atoms with E-state index in [1.165, 1.54) is 17.3 Å². The van der Waals surface area contributed by atoms with Gasteiger partial charge in [0.25, 0.3) is 5.03 Å². The molecule has 10 nitrogen and oxygen atoms in total. The van der Waals surface area contributed by atoms with Crippen molar-refractivity contribution in [2.45, 2.75) is 76.1 Å². The zero-order valence-electron chi connectivity index (χ0n) is 25.0. The van der Waals surface area contributed by atoms with Crippen LogP contribution in [0.25, 0.3) is 0 Å². The van der Waals surface area contributed by atoms with Gasteiger partial charge in [-0.05, 0) is 96.7 Å². The monoisotopic (exact) mass is 603 g/mol. The molecule has 0 amide bonds. The van der Waals surface area contributed by atoms with Crippen LogP contribution in [0.2, 0.25) is 5.02 Å². The second-order valence-electron chi connectivity index (χ2n) is 11.4. The molecule has 1 aromatic carbocycles. The van der Waals surface area contributed by atoms with Gasteiger partial charge in [0.15, 0.2) is 5.82 Å². The summed E-state index contributed by atoms with van der Waals surface area (Å²) in [6, 6.07) is 4.22. The Labute approximate surface area is 251 Å². The number of benzene rings is 1. The molecule has 3 aromatic rings. The van der Waals surface area contributed by atoms with Crippen LogP contribution in [0.3, 0.4) is 0 Å². The van der Waals surface area contributed by atoms with Crippen LogP contribution in [0, 0.1) is 6.92 Å². The van der Waals surface area contributed by atoms with Gasteiger partial charge in [-0.25, -0.2) is 4.98 Å². The van der Waals surface area contributed by atoms with Crippen molar-refractivity contribution in [2.75, 3.05) is 36.9 Å². The van der Waals surface area contributed by atoms with Crippen molar-refractivity contribution >= 4 is 45.9 Å². The highest BCUT2D eigenvalue weighted by atomic mass is 35.5. The summed E-state index contributed by atoms with van der Waals surface area (Å²) >= 11 is 5.16. The number of aromatic nitrogens is 4. The van der Waals surface area contributed by atoms with E-state index in [4.69, 9.17) is 16.3 Å². The number of nitrogens with one attached hydrogen (secondary N) is 2. The first-order valence-corrected chi connectivity index (χ1v) is 15.7. The number of hydrogen-bond donors (Lipinski definition) is 3. The molecule has 1 atom stereocenters. The fraction of sp³-hybridized carbons (Fsp3) is 0.552. The first kappa shape index (κ1) is 31.4. The molecule has 1 aliphatic rings. The molecule has 4 rings (SSSR count). The van der Waals surface area contributed by atoms with Crippen molar-refractivity contribution in [2.24, 2.45) is 7.05 Å². The van der Waals surface area contributed by atoms with Crippen molar-refractivity contribution in [3.05, 3.63) is 40.7 Å². The van der Waals surface area contributed by atoms with Crippen LogP contribution < -0.4 is 15.4 Å². The van der Waals surface area contributed by atoms with E-state index in [1.807, 2.05) is 20.8 Å². The van der Waals surface area contributed by atoms with Crippen LogP contribution in [0.4, 0.5) is 23.1 Å². The zero-order chi connectivity index (χ0) is 29.9. The number of halogens is 1. The lowest BCUT2D eigenvalue weighted by Gasteiger charge is -2.42. The van der Waals surface area contributed by atoms with Crippen LogP contribution >= 0.6 is 11.6 Å². The Kier molecular flexibility index (Phi) is 10.1. The summed E-state index contributed by atoms with van der Waals surface area (Å²) in [6.45, 7) is 14.6. The Morgan fingerprint density at radius 1 is 1.22 bits per heavy atom. The third-order valence-corrected chi connectivity index (χ3v) is 9.32. The zero-order valence-corrected chi connectivity index (χ0v) is 26.6. The fourth-order valence-electron chi connectivity index (χ4n) is 5.10. The minimum atomic E-state index is -1.29. The summed E-state index contributed by atoms with van der Waals surface area (Å²) in [6.07, 6.45) is 5.33. The number of aliphatic hydroxyl groups is 1. The number of likely N-dealkylation sites (tertiary alicyclic amines) is 1. The highest BCUT2D eigenvalue weighted by Crippen LogP contribution is 2.39. The summed E-state index contributed by atoms with van der Waals surface area (Å²) in [5, 5.41) is 21.3. The minimum absolute atomic E-state index is 0.0910. The quantitative estimate of drug-likeness (QED) is 0.243. The average Bonchev–Trinajstić information content (AvgIpc) is 3.31. The van der Waals surface area contributed by atoms with Crippen LogP contribution in [-0.4, -0.2) is 71.4 Å². The number of aryl methyl sites for hydroxylation is 2. The molecule has 1 unspecified atom stereocenters. The highest BCUT2D eigenvalue weighted by Gasteiger charge is 2.31. The van der Waals surface area contributed by atoms with Gasteiger partial charge in [0.05, 0.1) is 31.3 Å². The second kappa shape index (κ2) is 13.2. The van der Waals surface area contributed by atoms with Crippen LogP contribution in [0.15, 0.2) is 29.6 Å². The molecule has 3 N–H and O–H groups in total. The summed E-state index contributed by atoms with van der Waals surface area (Å²) in [5.41, 5.74) is 3.58. The maximum atomic E-state index is 12.8. The van der Waals surface area contributed by atoms with Crippen molar-refractivity contribution in [1.29, 1.82) is 0 Å². The maximum Gasteiger partial charge on any atom is 0.286 e. The first-order valence-electron chi connectivity index (χ1n) is 14.1. The molecule has 224 valence electrons. The van der Waals surface area contributed by atoms with E-state index in [9.17, 15) is 9.66 Å². The van der Waals surface area contributed by atoms with Crippen molar-refractivity contribution < 1.29 is 14.4 Å². The molecule has 0 aliphatic carbocycles. The van der Waals surface area contributed by atoms with Gasteiger partial charge < -0.3 is 25.0 Å². The maximum absolute atomic E-state index is 12.8. The third-order valence-electron chi connectivity index (χ3n) is 7.50. The molecule has 1 saturated heterocycles. The fourth-order valence-corrected chi connectivity index (χ4v) is 6.22. The third kappa shape index (κ3) is 7.26. The predicted molar refractivity (Wildman–Crippen MR) is 165 cm³/mol. The van der Waals surface area contributed by atoms with Crippen LogP contribution in [-0.2, 0) is 18.2 Å². The number of anilines is 4. The summed E-state index contributed by atoms with van der Waals surface area (Å²) in [5.74, 6) is 1.88. The largest absolute Gasteiger partial charge is 0.610 e. The van der Waals surface area contributed by atoms with Gasteiger partial charge in [-0.2, -0.15) is 4.98 Å². The predicted octanol–water partition coefficient (Wildman–Crippen LogP) is 5.52. The molecule has 2 aromatic heterocycles. The molecular formula is C29H42ClN7O3S. The van der Waals surface area contributed by atoms with E-state index in [0.29, 0.717) is 40.0 Å².